The summed E-state index contributed by atoms with van der Waals surface area (Å²) in [6.45, 7) is 3.50. The highest BCUT2D eigenvalue weighted by Crippen LogP contribution is 2.32. The van der Waals surface area contributed by atoms with Crippen molar-refractivity contribution >= 4 is 5.97 Å². The van der Waals surface area contributed by atoms with Gasteiger partial charge in [0.1, 0.15) is 11.5 Å². The fourth-order valence-electron chi connectivity index (χ4n) is 1.50. The number of benzene rings is 1. The second kappa shape index (κ2) is 4.88. The maximum absolute atomic E-state index is 10.9. The number of rotatable bonds is 4. The number of carbonyl (C=O) groups is 1. The zero-order chi connectivity index (χ0) is 12.3. The van der Waals surface area contributed by atoms with Crippen LogP contribution in [0.4, 0.5) is 0 Å². The van der Waals surface area contributed by atoms with Crippen LogP contribution in [0.3, 0.4) is 0 Å². The lowest BCUT2D eigenvalue weighted by molar-refractivity contribution is -0.138. The van der Waals surface area contributed by atoms with Gasteiger partial charge in [0.25, 0.3) is 0 Å². The molecule has 0 saturated heterocycles. The molecule has 4 nitrogen and oxygen atoms in total. The summed E-state index contributed by atoms with van der Waals surface area (Å²) in [5, 5.41) is 8.95. The number of carboxylic acid groups (broad SMARTS) is 1. The first kappa shape index (κ1) is 12.4. The molecule has 0 spiro atoms. The maximum Gasteiger partial charge on any atom is 0.310 e. The van der Waals surface area contributed by atoms with Gasteiger partial charge in [-0.05, 0) is 31.5 Å². The average Bonchev–Trinajstić information content (AvgIpc) is 2.28. The Labute approximate surface area is 94.8 Å². The monoisotopic (exact) mass is 224 g/mol. The van der Waals surface area contributed by atoms with Gasteiger partial charge < -0.3 is 14.6 Å². The zero-order valence-corrected chi connectivity index (χ0v) is 9.90. The first-order valence-electron chi connectivity index (χ1n) is 4.96. The molecule has 0 aromatic heterocycles. The van der Waals surface area contributed by atoms with Gasteiger partial charge in [-0.1, -0.05) is 0 Å². The number of hydrogen-bond donors (Lipinski definition) is 1. The summed E-state index contributed by atoms with van der Waals surface area (Å²) >= 11 is 0. The van der Waals surface area contributed by atoms with E-state index in [2.05, 4.69) is 0 Å². The molecular weight excluding hydrogens is 208 g/mol. The summed E-state index contributed by atoms with van der Waals surface area (Å²) < 4.78 is 10.4. The van der Waals surface area contributed by atoms with E-state index in [1.807, 2.05) is 6.92 Å². The minimum Gasteiger partial charge on any atom is -0.496 e. The molecule has 0 bridgehead atoms. The number of aliphatic carboxylic acids is 1. The van der Waals surface area contributed by atoms with Crippen LogP contribution in [-0.4, -0.2) is 25.3 Å². The van der Waals surface area contributed by atoms with Crippen molar-refractivity contribution in [3.63, 3.8) is 0 Å². The van der Waals surface area contributed by atoms with Gasteiger partial charge in [-0.25, -0.2) is 0 Å². The topological polar surface area (TPSA) is 55.8 Å². The standard InChI is InChI=1S/C12H16O4/c1-7(12(13)14)9-5-10(15-3)8(2)11(6-9)16-4/h5-7H,1-4H3,(H,13,14). The molecular formula is C12H16O4. The fourth-order valence-corrected chi connectivity index (χ4v) is 1.50. The van der Waals surface area contributed by atoms with Gasteiger partial charge >= 0.3 is 5.97 Å². The van der Waals surface area contributed by atoms with Gasteiger partial charge in [0.05, 0.1) is 20.1 Å². The normalized spacial score (nSPS) is 12.0. The maximum atomic E-state index is 10.9. The molecule has 16 heavy (non-hydrogen) atoms. The number of methoxy groups -OCH3 is 2. The summed E-state index contributed by atoms with van der Waals surface area (Å²) in [5.74, 6) is -0.166. The summed E-state index contributed by atoms with van der Waals surface area (Å²) in [5.41, 5.74) is 1.54. The largest absolute Gasteiger partial charge is 0.496 e. The highest BCUT2D eigenvalue weighted by Gasteiger charge is 2.17. The van der Waals surface area contributed by atoms with Crippen LogP contribution < -0.4 is 9.47 Å². The van der Waals surface area contributed by atoms with E-state index < -0.39 is 11.9 Å². The third kappa shape index (κ3) is 2.27. The molecule has 1 unspecified atom stereocenters. The van der Waals surface area contributed by atoms with Crippen LogP contribution in [0.5, 0.6) is 11.5 Å². The first-order valence-corrected chi connectivity index (χ1v) is 4.96. The summed E-state index contributed by atoms with van der Waals surface area (Å²) in [6, 6.07) is 3.47. The Kier molecular flexibility index (Phi) is 3.77. The van der Waals surface area contributed by atoms with Crippen LogP contribution in [0.2, 0.25) is 0 Å². The number of carboxylic acids is 1. The highest BCUT2D eigenvalue weighted by atomic mass is 16.5. The molecule has 1 N–H and O–H groups in total. The van der Waals surface area contributed by atoms with Crippen molar-refractivity contribution in [2.75, 3.05) is 14.2 Å². The van der Waals surface area contributed by atoms with Gasteiger partial charge in [-0.2, -0.15) is 0 Å². The molecule has 1 aromatic rings. The SMILES string of the molecule is COc1cc(C(C)C(=O)O)cc(OC)c1C. The summed E-state index contributed by atoms with van der Waals surface area (Å²) in [7, 11) is 3.11. The van der Waals surface area contributed by atoms with Gasteiger partial charge in [0.2, 0.25) is 0 Å². The minimum absolute atomic E-state index is 0.580. The molecule has 0 fully saturated rings. The van der Waals surface area contributed by atoms with E-state index in [4.69, 9.17) is 14.6 Å². The van der Waals surface area contributed by atoms with E-state index in [1.165, 1.54) is 0 Å². The third-order valence-corrected chi connectivity index (χ3v) is 2.64. The lowest BCUT2D eigenvalue weighted by Gasteiger charge is -2.14. The molecule has 0 radical (unpaired) electrons. The van der Waals surface area contributed by atoms with Crippen molar-refractivity contribution in [2.45, 2.75) is 19.8 Å². The summed E-state index contributed by atoms with van der Waals surface area (Å²) in [4.78, 5) is 10.9. The Hall–Kier alpha value is -1.71. The molecule has 88 valence electrons. The predicted octanol–water partition coefficient (Wildman–Crippen LogP) is 2.20. The summed E-state index contributed by atoms with van der Waals surface area (Å²) in [6.07, 6.45) is 0. The molecule has 0 amide bonds. The average molecular weight is 224 g/mol. The van der Waals surface area contributed by atoms with Crippen molar-refractivity contribution in [3.05, 3.63) is 23.3 Å². The van der Waals surface area contributed by atoms with E-state index >= 15 is 0 Å². The Morgan fingerprint density at radius 1 is 1.25 bits per heavy atom. The molecule has 1 rings (SSSR count). The lowest BCUT2D eigenvalue weighted by atomic mass is 9.99. The zero-order valence-electron chi connectivity index (χ0n) is 9.90. The van der Waals surface area contributed by atoms with Crippen LogP contribution in [0.25, 0.3) is 0 Å². The molecule has 0 aliphatic rings. The smallest absolute Gasteiger partial charge is 0.310 e. The second-order valence-corrected chi connectivity index (χ2v) is 3.61. The molecule has 4 heteroatoms. The van der Waals surface area contributed by atoms with Crippen LogP contribution in [0.1, 0.15) is 24.0 Å². The second-order valence-electron chi connectivity index (χ2n) is 3.61. The van der Waals surface area contributed by atoms with Crippen molar-refractivity contribution in [1.82, 2.24) is 0 Å². The fraction of sp³-hybridized carbons (Fsp3) is 0.417. The highest BCUT2D eigenvalue weighted by molar-refractivity contribution is 5.76. The van der Waals surface area contributed by atoms with Crippen molar-refractivity contribution in [3.8, 4) is 11.5 Å². The Morgan fingerprint density at radius 3 is 2.00 bits per heavy atom. The molecule has 1 atom stereocenters. The Balaban J connectivity index is 3.26. The molecule has 0 saturated carbocycles. The van der Waals surface area contributed by atoms with Crippen LogP contribution >= 0.6 is 0 Å². The number of ether oxygens (including phenoxy) is 2. The van der Waals surface area contributed by atoms with E-state index in [9.17, 15) is 4.79 Å². The molecule has 1 aromatic carbocycles. The predicted molar refractivity (Wildman–Crippen MR) is 60.3 cm³/mol. The molecule has 0 heterocycles. The Bertz CT molecular complexity index is 373. The Morgan fingerprint density at radius 2 is 1.69 bits per heavy atom. The van der Waals surface area contributed by atoms with Crippen LogP contribution in [-0.2, 0) is 4.79 Å². The van der Waals surface area contributed by atoms with Crippen LogP contribution in [0.15, 0.2) is 12.1 Å². The van der Waals surface area contributed by atoms with Crippen molar-refractivity contribution < 1.29 is 19.4 Å². The van der Waals surface area contributed by atoms with Gasteiger partial charge in [-0.3, -0.25) is 4.79 Å². The third-order valence-electron chi connectivity index (χ3n) is 2.64. The van der Waals surface area contributed by atoms with E-state index in [0.29, 0.717) is 17.1 Å². The molecule has 0 aliphatic heterocycles. The van der Waals surface area contributed by atoms with E-state index in [1.54, 1.807) is 33.3 Å². The quantitative estimate of drug-likeness (QED) is 0.851. The van der Waals surface area contributed by atoms with E-state index in [-0.39, 0.29) is 0 Å². The van der Waals surface area contributed by atoms with Crippen LogP contribution in [0, 0.1) is 6.92 Å². The van der Waals surface area contributed by atoms with Crippen molar-refractivity contribution in [1.29, 1.82) is 0 Å². The first-order chi connectivity index (χ1) is 7.51. The van der Waals surface area contributed by atoms with Crippen molar-refractivity contribution in [2.24, 2.45) is 0 Å². The van der Waals surface area contributed by atoms with E-state index in [0.717, 1.165) is 5.56 Å². The molecule has 0 aliphatic carbocycles. The minimum atomic E-state index is -0.868. The van der Waals surface area contributed by atoms with Gasteiger partial charge in [0, 0.05) is 5.56 Å². The number of hydrogen-bond acceptors (Lipinski definition) is 3. The van der Waals surface area contributed by atoms with Gasteiger partial charge in [0.15, 0.2) is 0 Å². The van der Waals surface area contributed by atoms with Gasteiger partial charge in [-0.15, -0.1) is 0 Å². The lowest BCUT2D eigenvalue weighted by Crippen LogP contribution is -2.08.